The Kier molecular flexibility index (Phi) is 7.32. The molecule has 0 radical (unpaired) electrons. The van der Waals surface area contributed by atoms with Gasteiger partial charge in [-0.1, -0.05) is 54.6 Å². The Bertz CT molecular complexity index is 2820. The number of amides is 1. The summed E-state index contributed by atoms with van der Waals surface area (Å²) >= 11 is 0.421. The molecular formula is C41H40F5N3O3S. The number of hydrogen-bond donors (Lipinski definition) is 0. The van der Waals surface area contributed by atoms with Gasteiger partial charge in [-0.15, -0.1) is 11.8 Å². The number of halogens is 5. The molecule has 4 aromatic carbocycles. The average molecular weight is 765 g/mol. The van der Waals surface area contributed by atoms with Gasteiger partial charge in [-0.25, -0.2) is 8.78 Å². The minimum absolute atomic E-state index is 0.0959. The molecule has 0 aliphatic carbocycles. The van der Waals surface area contributed by atoms with Crippen molar-refractivity contribution >= 4 is 28.6 Å². The van der Waals surface area contributed by atoms with Gasteiger partial charge >= 0.3 is 6.18 Å². The Labute approximate surface area is 330 Å². The molecule has 1 fully saturated rings. The molecular weight excluding hydrogens is 710 g/mol. The topological polar surface area (TPSA) is 54.8 Å². The number of methoxy groups -OCH3 is 1. The van der Waals surface area contributed by atoms with Crippen LogP contribution in [0, 0.1) is 18.6 Å². The van der Waals surface area contributed by atoms with Crippen LogP contribution in [0.25, 0.3) is 22.0 Å². The minimum atomic E-state index is -4.68. The Balaban J connectivity index is 1.64. The fraction of sp³-hybridized carbons (Fsp3) is 0.317. The molecule has 6 rings (SSSR count). The maximum atomic E-state index is 15.4. The van der Waals surface area contributed by atoms with Crippen molar-refractivity contribution in [3.63, 3.8) is 0 Å². The van der Waals surface area contributed by atoms with Crippen molar-refractivity contribution in [2.45, 2.75) is 55.7 Å². The number of alkyl halides is 3. The van der Waals surface area contributed by atoms with E-state index >= 15 is 4.79 Å². The molecule has 1 aliphatic heterocycles. The van der Waals surface area contributed by atoms with E-state index in [-0.39, 0.29) is 32.1 Å². The number of piperidine rings is 1. The summed E-state index contributed by atoms with van der Waals surface area (Å²) in [5.41, 5.74) is -3.85. The largest absolute Gasteiger partial charge is 0.416 e. The van der Waals surface area contributed by atoms with Crippen LogP contribution in [0.15, 0.2) is 101 Å². The molecule has 0 N–H and O–H groups in total. The Morgan fingerprint density at radius 1 is 1.04 bits per heavy atom. The number of rotatable bonds is 12. The zero-order chi connectivity index (χ0) is 51.1. The lowest BCUT2D eigenvalue weighted by atomic mass is 10.00. The van der Waals surface area contributed by atoms with Crippen molar-refractivity contribution in [3.8, 4) is 11.1 Å². The van der Waals surface area contributed by atoms with Crippen LogP contribution >= 0.6 is 11.8 Å². The van der Waals surface area contributed by atoms with Crippen LogP contribution in [0.2, 0.25) is 0 Å². The van der Waals surface area contributed by atoms with Gasteiger partial charge in [0.25, 0.3) is 0 Å². The fourth-order valence-corrected chi connectivity index (χ4v) is 6.12. The summed E-state index contributed by atoms with van der Waals surface area (Å²) in [4.78, 5) is 29.1. The first kappa shape index (κ1) is 23.3. The lowest BCUT2D eigenvalue weighted by Gasteiger charge is -2.39. The highest BCUT2D eigenvalue weighted by atomic mass is 32.2. The molecule has 5 aromatic rings. The maximum Gasteiger partial charge on any atom is 0.416 e. The molecule has 0 spiro atoms. The molecule has 1 saturated heterocycles. The molecule has 278 valence electrons. The highest BCUT2D eigenvalue weighted by Gasteiger charge is 2.31. The van der Waals surface area contributed by atoms with Crippen LogP contribution in [0.3, 0.4) is 0 Å². The number of carbonyl (C=O) groups is 1. The van der Waals surface area contributed by atoms with Gasteiger partial charge in [-0.2, -0.15) is 13.2 Å². The van der Waals surface area contributed by atoms with Crippen molar-refractivity contribution in [3.05, 3.63) is 135 Å². The standard InChI is InChI=1S/C41H40F5N3O3S/c1-27-6-15-34-36(22-27)49(39(23-37(34)50)53-26-31-4-3-5-35(42)40(31)43)25-38(51)48(33-16-18-47(19-17-33)20-21-52-2)24-28-7-9-29(10-8-28)30-11-13-32(14-12-30)41(44,45)46/h3-15,22-23,33H,16-21,24-26H2,1-2H3/i6D,15D,16D2,17D2,18D2,19D2,22D,23D,24D2,33D. The van der Waals surface area contributed by atoms with E-state index in [9.17, 15) is 36.3 Å². The van der Waals surface area contributed by atoms with Crippen molar-refractivity contribution in [1.29, 1.82) is 0 Å². The van der Waals surface area contributed by atoms with Crippen LogP contribution in [-0.4, -0.2) is 59.5 Å². The first-order valence-corrected chi connectivity index (χ1v) is 16.8. The monoisotopic (exact) mass is 764 g/mol. The van der Waals surface area contributed by atoms with Gasteiger partial charge in [-0.05, 0) is 72.2 Å². The molecule has 0 unspecified atom stereocenters. The SMILES string of the molecule is [2H]c1c(C)c([2H])c2c(c1[2H])c(=O)c([2H])c(SCc1cccc(F)c1F)n2CC(=O)N(C([2H])([2H])c1ccc(-c2ccc(C(F)(F)F)cc2)cc1)C1([2H])C([2H])([2H])C([2H])([2H])N(CCOC)C([2H])([2H])C1([2H])[2H]. The van der Waals surface area contributed by atoms with Gasteiger partial charge in [-0.3, -0.25) is 9.59 Å². The van der Waals surface area contributed by atoms with Gasteiger partial charge in [0.15, 0.2) is 17.1 Å². The Morgan fingerprint density at radius 2 is 1.72 bits per heavy atom. The third kappa shape index (κ3) is 9.17. The predicted molar refractivity (Wildman–Crippen MR) is 198 cm³/mol. The van der Waals surface area contributed by atoms with Gasteiger partial charge in [0.1, 0.15) is 6.54 Å². The zero-order valence-electron chi connectivity index (χ0n) is 43.0. The third-order valence-electron chi connectivity index (χ3n) is 7.85. The number of thioether (sulfide) groups is 1. The summed E-state index contributed by atoms with van der Waals surface area (Å²) in [6.07, 6.45) is -13.0. The van der Waals surface area contributed by atoms with Gasteiger partial charge < -0.3 is 19.1 Å². The van der Waals surface area contributed by atoms with Crippen molar-refractivity contribution in [2.24, 2.45) is 0 Å². The quantitative estimate of drug-likeness (QED) is 0.0941. The number of pyridine rings is 1. The fourth-order valence-electron chi connectivity index (χ4n) is 5.13. The molecule has 1 aromatic heterocycles. The molecule has 2 heterocycles. The normalized spacial score (nSPS) is 23.0. The number of carbonyl (C=O) groups excluding carboxylic acids is 1. The molecule has 1 amide bonds. The Hall–Kier alpha value is -4.52. The molecule has 53 heavy (non-hydrogen) atoms. The van der Waals surface area contributed by atoms with Crippen molar-refractivity contribution < 1.29 is 52.0 Å². The molecule has 0 bridgehead atoms. The second-order valence-corrected chi connectivity index (χ2v) is 12.5. The van der Waals surface area contributed by atoms with Crippen molar-refractivity contribution in [1.82, 2.24) is 14.4 Å². The smallest absolute Gasteiger partial charge is 0.383 e. The van der Waals surface area contributed by atoms with Crippen LogP contribution in [-0.2, 0) is 34.5 Å². The van der Waals surface area contributed by atoms with E-state index in [2.05, 4.69) is 0 Å². The van der Waals surface area contributed by atoms with Crippen LogP contribution < -0.4 is 5.43 Å². The lowest BCUT2D eigenvalue weighted by Crippen LogP contribution is -2.48. The highest BCUT2D eigenvalue weighted by molar-refractivity contribution is 7.98. The van der Waals surface area contributed by atoms with E-state index in [4.69, 9.17) is 15.7 Å². The lowest BCUT2D eigenvalue weighted by molar-refractivity contribution is -0.137. The summed E-state index contributed by atoms with van der Waals surface area (Å²) in [5, 5.41) is -1.42. The number of nitrogens with zero attached hydrogens (tertiary/aromatic N) is 3. The molecule has 12 heteroatoms. The summed E-state index contributed by atoms with van der Waals surface area (Å²) in [5.74, 6) is -5.09. The summed E-state index contributed by atoms with van der Waals surface area (Å²) in [6, 6.07) is 3.54. The molecule has 0 atom stereocenters. The predicted octanol–water partition coefficient (Wildman–Crippen LogP) is 8.71. The maximum absolute atomic E-state index is 15.4. The number of likely N-dealkylation sites (tertiary alicyclic amines) is 1. The molecule has 0 saturated carbocycles. The van der Waals surface area contributed by atoms with E-state index in [0.29, 0.717) is 16.3 Å². The third-order valence-corrected chi connectivity index (χ3v) is 8.90. The van der Waals surface area contributed by atoms with Crippen LogP contribution in [0.1, 0.15) is 55.6 Å². The van der Waals surface area contributed by atoms with Crippen molar-refractivity contribution in [2.75, 3.05) is 33.3 Å². The summed E-state index contributed by atoms with van der Waals surface area (Å²) in [6.45, 7) is -12.9. The first-order chi connectivity index (χ1) is 31.3. The van der Waals surface area contributed by atoms with E-state index in [1.807, 2.05) is 0 Å². The highest BCUT2D eigenvalue weighted by Crippen LogP contribution is 2.32. The van der Waals surface area contributed by atoms with E-state index in [1.54, 1.807) is 0 Å². The minimum Gasteiger partial charge on any atom is -0.383 e. The molecule has 1 aliphatic rings. The van der Waals surface area contributed by atoms with E-state index < -0.39 is 144 Å². The van der Waals surface area contributed by atoms with E-state index in [0.717, 1.165) is 73.8 Å². The summed E-state index contributed by atoms with van der Waals surface area (Å²) < 4.78 is 212. The van der Waals surface area contributed by atoms with Crippen LogP contribution in [0.4, 0.5) is 22.0 Å². The van der Waals surface area contributed by atoms with Crippen LogP contribution in [0.5, 0.6) is 0 Å². The Morgan fingerprint density at radius 3 is 2.38 bits per heavy atom. The number of aromatic nitrogens is 1. The first-order valence-electron chi connectivity index (χ1n) is 23.3. The zero-order valence-corrected chi connectivity index (χ0v) is 28.9. The average Bonchev–Trinajstić information content (AvgIpc) is 3.26. The summed E-state index contributed by atoms with van der Waals surface area (Å²) in [7, 11) is 1.13. The van der Waals surface area contributed by atoms with Gasteiger partial charge in [0.05, 0.1) is 32.3 Å². The number of benzene rings is 4. The second-order valence-electron chi connectivity index (χ2n) is 11.5. The molecule has 6 nitrogen and oxygen atoms in total. The van der Waals surface area contributed by atoms with Gasteiger partial charge in [0, 0.05) is 72.9 Å². The van der Waals surface area contributed by atoms with E-state index in [1.165, 1.54) is 6.92 Å². The number of hydrogen-bond acceptors (Lipinski definition) is 5. The van der Waals surface area contributed by atoms with Gasteiger partial charge in [0.2, 0.25) is 5.91 Å². The number of fused-ring (bicyclic) bond motifs is 1. The number of ether oxygens (including phenoxy) is 1. The second kappa shape index (κ2) is 16.7.